The lowest BCUT2D eigenvalue weighted by Gasteiger charge is -2.36. The molecule has 184 valence electrons. The van der Waals surface area contributed by atoms with Gasteiger partial charge in [0.25, 0.3) is 5.91 Å². The van der Waals surface area contributed by atoms with Gasteiger partial charge in [-0.25, -0.2) is 4.99 Å². The smallest absolute Gasteiger partial charge is 0.256 e. The average molecular weight is 466 g/mol. The monoisotopic (exact) mass is 465 g/mol. The molecule has 0 aromatic rings. The second-order valence-corrected chi connectivity index (χ2v) is 8.55. The van der Waals surface area contributed by atoms with Gasteiger partial charge in [-0.05, 0) is 58.4 Å². The molecule has 0 saturated carbocycles. The number of hydrogen-bond acceptors (Lipinski definition) is 6. The highest BCUT2D eigenvalue weighted by Crippen LogP contribution is 2.16. The molecule has 2 heterocycles. The van der Waals surface area contributed by atoms with Crippen molar-refractivity contribution in [2.75, 3.05) is 20.1 Å². The summed E-state index contributed by atoms with van der Waals surface area (Å²) in [5.41, 5.74) is 2.95. The highest BCUT2D eigenvalue weighted by Gasteiger charge is 2.23. The first-order chi connectivity index (χ1) is 16.2. The van der Waals surface area contributed by atoms with Crippen LogP contribution in [0.3, 0.4) is 0 Å². The van der Waals surface area contributed by atoms with Crippen LogP contribution < -0.4 is 10.6 Å². The Morgan fingerprint density at radius 1 is 1.24 bits per heavy atom. The van der Waals surface area contributed by atoms with Crippen LogP contribution in [0, 0.1) is 0 Å². The number of allylic oxidation sites excluding steroid dienone is 6. The molecule has 1 amide bonds. The molecular weight excluding hydrogens is 426 g/mol. The topological polar surface area (TPSA) is 69.2 Å². The van der Waals surface area contributed by atoms with Gasteiger partial charge in [0.1, 0.15) is 12.0 Å². The van der Waals surface area contributed by atoms with E-state index in [-0.39, 0.29) is 24.3 Å². The van der Waals surface area contributed by atoms with Gasteiger partial charge in [-0.3, -0.25) is 4.79 Å². The standard InChI is InChI=1S/C27H39N5O2/c1-9-12-25(24(11-3)29-26-14-13-19(4)16-31(26)8)30-27(33)23(10-2)15-28-22(7)32-17-20(5)34-21(6)18-32/h9-16,20-21,26,29H,3,7,17-18H2,1-2,4-6,8H3,(H,30,33)/b12-9-,23-10+,25-24-,28-15?. The molecule has 0 aliphatic carbocycles. The van der Waals surface area contributed by atoms with E-state index in [9.17, 15) is 4.79 Å². The maximum absolute atomic E-state index is 13.1. The number of rotatable bonds is 9. The first-order valence-electron chi connectivity index (χ1n) is 11.6. The zero-order valence-corrected chi connectivity index (χ0v) is 21.3. The molecule has 2 rings (SSSR count). The molecule has 0 bridgehead atoms. The Balaban J connectivity index is 2.14. The number of ether oxygens (including phenoxy) is 1. The van der Waals surface area contributed by atoms with E-state index < -0.39 is 0 Å². The fraction of sp³-hybridized carbons (Fsp3) is 0.407. The summed E-state index contributed by atoms with van der Waals surface area (Å²) in [5.74, 6) is 0.350. The largest absolute Gasteiger partial charge is 0.372 e. The van der Waals surface area contributed by atoms with Crippen molar-refractivity contribution in [3.05, 3.63) is 84.2 Å². The summed E-state index contributed by atoms with van der Waals surface area (Å²) >= 11 is 0. The number of aliphatic imine (C=N–C) groups is 1. The number of nitrogens with one attached hydrogen (secondary N) is 2. The van der Waals surface area contributed by atoms with Crippen molar-refractivity contribution in [1.82, 2.24) is 20.4 Å². The fourth-order valence-electron chi connectivity index (χ4n) is 3.82. The molecule has 0 aromatic heterocycles. The third-order valence-corrected chi connectivity index (χ3v) is 5.48. The minimum Gasteiger partial charge on any atom is -0.372 e. The Bertz CT molecular complexity index is 944. The summed E-state index contributed by atoms with van der Waals surface area (Å²) in [4.78, 5) is 21.7. The molecule has 0 spiro atoms. The van der Waals surface area contributed by atoms with Gasteiger partial charge in [0, 0.05) is 32.6 Å². The first-order valence-corrected chi connectivity index (χ1v) is 11.6. The number of amides is 1. The summed E-state index contributed by atoms with van der Waals surface area (Å²) in [6, 6.07) is 0. The van der Waals surface area contributed by atoms with E-state index in [4.69, 9.17) is 4.74 Å². The summed E-state index contributed by atoms with van der Waals surface area (Å²) in [6.45, 7) is 19.3. The third kappa shape index (κ3) is 7.63. The van der Waals surface area contributed by atoms with Crippen molar-refractivity contribution in [1.29, 1.82) is 0 Å². The number of carbonyl (C=O) groups is 1. The van der Waals surface area contributed by atoms with E-state index in [2.05, 4.69) is 56.9 Å². The van der Waals surface area contributed by atoms with Gasteiger partial charge >= 0.3 is 0 Å². The Morgan fingerprint density at radius 3 is 2.47 bits per heavy atom. The maximum Gasteiger partial charge on any atom is 0.256 e. The lowest BCUT2D eigenvalue weighted by atomic mass is 10.2. The molecule has 0 aromatic carbocycles. The van der Waals surface area contributed by atoms with Gasteiger partial charge in [-0.2, -0.15) is 0 Å². The van der Waals surface area contributed by atoms with E-state index in [1.165, 1.54) is 5.57 Å². The van der Waals surface area contributed by atoms with Crippen LogP contribution in [0.2, 0.25) is 0 Å². The molecule has 2 N–H and O–H groups in total. The number of carbonyl (C=O) groups excluding carboxylic acids is 1. The zero-order chi connectivity index (χ0) is 25.3. The molecule has 3 atom stereocenters. The molecule has 2 aliphatic rings. The third-order valence-electron chi connectivity index (χ3n) is 5.48. The Labute approximate surface area is 204 Å². The molecule has 1 fully saturated rings. The van der Waals surface area contributed by atoms with Crippen molar-refractivity contribution < 1.29 is 9.53 Å². The molecule has 1 saturated heterocycles. The maximum atomic E-state index is 13.1. The summed E-state index contributed by atoms with van der Waals surface area (Å²) in [7, 11) is 2.00. The van der Waals surface area contributed by atoms with Crippen LogP contribution in [0.1, 0.15) is 34.6 Å². The molecule has 0 radical (unpaired) electrons. The highest BCUT2D eigenvalue weighted by atomic mass is 16.5. The van der Waals surface area contributed by atoms with Crippen LogP contribution in [0.15, 0.2) is 89.2 Å². The normalized spacial score (nSPS) is 24.2. The number of morpholine rings is 1. The number of hydrogen-bond donors (Lipinski definition) is 2. The van der Waals surface area contributed by atoms with E-state index >= 15 is 0 Å². The van der Waals surface area contributed by atoms with Crippen LogP contribution in [0.5, 0.6) is 0 Å². The van der Waals surface area contributed by atoms with E-state index in [1.54, 1.807) is 18.4 Å². The summed E-state index contributed by atoms with van der Waals surface area (Å²) < 4.78 is 5.77. The van der Waals surface area contributed by atoms with Crippen molar-refractivity contribution in [3.63, 3.8) is 0 Å². The average Bonchev–Trinajstić information content (AvgIpc) is 2.78. The van der Waals surface area contributed by atoms with Crippen LogP contribution in [-0.4, -0.2) is 60.4 Å². The van der Waals surface area contributed by atoms with Gasteiger partial charge in [0.15, 0.2) is 0 Å². The van der Waals surface area contributed by atoms with E-state index in [0.29, 0.717) is 22.8 Å². The summed E-state index contributed by atoms with van der Waals surface area (Å²) in [5, 5.41) is 6.42. The quantitative estimate of drug-likeness (QED) is 0.306. The van der Waals surface area contributed by atoms with Crippen LogP contribution in [0.25, 0.3) is 0 Å². The molecular formula is C27H39N5O2. The van der Waals surface area contributed by atoms with Crippen LogP contribution in [-0.2, 0) is 9.53 Å². The van der Waals surface area contributed by atoms with E-state index in [1.807, 2.05) is 53.8 Å². The molecule has 2 aliphatic heterocycles. The lowest BCUT2D eigenvalue weighted by molar-refractivity contribution is -0.116. The highest BCUT2D eigenvalue weighted by molar-refractivity contribution is 6.12. The molecule has 3 unspecified atom stereocenters. The van der Waals surface area contributed by atoms with E-state index in [0.717, 1.165) is 13.1 Å². The van der Waals surface area contributed by atoms with Crippen molar-refractivity contribution >= 4 is 12.1 Å². The second-order valence-electron chi connectivity index (χ2n) is 8.55. The Hall–Kier alpha value is -3.32. The molecule has 7 nitrogen and oxygen atoms in total. The minimum atomic E-state index is -0.264. The first kappa shape index (κ1) is 26.9. The number of likely N-dealkylation sites (N-methyl/N-ethyl adjacent to an activating group) is 1. The van der Waals surface area contributed by atoms with Gasteiger partial charge in [-0.1, -0.05) is 31.4 Å². The second kappa shape index (κ2) is 12.8. The molecule has 7 heteroatoms. The minimum absolute atomic E-state index is 0.0572. The zero-order valence-electron chi connectivity index (χ0n) is 21.3. The lowest BCUT2D eigenvalue weighted by Crippen LogP contribution is -2.44. The predicted octanol–water partition coefficient (Wildman–Crippen LogP) is 3.99. The Morgan fingerprint density at radius 2 is 1.91 bits per heavy atom. The summed E-state index contributed by atoms with van der Waals surface area (Å²) in [6.07, 6.45) is 15.0. The van der Waals surface area contributed by atoms with Crippen molar-refractivity contribution in [3.8, 4) is 0 Å². The number of nitrogens with zero attached hydrogens (tertiary/aromatic N) is 3. The van der Waals surface area contributed by atoms with Crippen molar-refractivity contribution in [2.45, 2.75) is 53.0 Å². The van der Waals surface area contributed by atoms with Crippen LogP contribution >= 0.6 is 0 Å². The van der Waals surface area contributed by atoms with Gasteiger partial charge in [0.05, 0.1) is 29.2 Å². The Kier molecular flexibility index (Phi) is 10.1. The van der Waals surface area contributed by atoms with Crippen LogP contribution in [0.4, 0.5) is 0 Å². The SMILES string of the molecule is C=C/C(NC1C=CC(C)=CN1C)=C(\C=C/C)NC(=O)/C(C=NC(=C)N1CC(C)OC(C)C1)=C/C. The molecule has 34 heavy (non-hydrogen) atoms. The van der Waals surface area contributed by atoms with Gasteiger partial charge < -0.3 is 25.2 Å². The van der Waals surface area contributed by atoms with Gasteiger partial charge in [-0.15, -0.1) is 0 Å². The predicted molar refractivity (Wildman–Crippen MR) is 141 cm³/mol. The van der Waals surface area contributed by atoms with Gasteiger partial charge in [0.2, 0.25) is 0 Å². The van der Waals surface area contributed by atoms with Crippen molar-refractivity contribution in [2.24, 2.45) is 4.99 Å². The fourth-order valence-corrected chi connectivity index (χ4v) is 3.82.